The van der Waals surface area contributed by atoms with E-state index in [2.05, 4.69) is 6.58 Å². The molecule has 0 amide bonds. The Balaban J connectivity index is 3.49. The third-order valence-electron chi connectivity index (χ3n) is 2.55. The number of carbonyl (C=O) groups is 1. The van der Waals surface area contributed by atoms with Gasteiger partial charge in [-0.25, -0.2) is 13.2 Å². The summed E-state index contributed by atoms with van der Waals surface area (Å²) in [6.07, 6.45) is 0. The van der Waals surface area contributed by atoms with E-state index in [1.54, 1.807) is 13.8 Å². The number of aryl methyl sites for hydroxylation is 1. The molecule has 4 nitrogen and oxygen atoms in total. The van der Waals surface area contributed by atoms with Gasteiger partial charge in [0.1, 0.15) is 0 Å². The molecular weight excluding hydrogens is 276 g/mol. The summed E-state index contributed by atoms with van der Waals surface area (Å²) in [6.45, 7) is 6.64. The van der Waals surface area contributed by atoms with Crippen molar-refractivity contribution in [3.63, 3.8) is 0 Å². The molecule has 0 aliphatic heterocycles. The number of hydrogen-bond donors (Lipinski definition) is 1. The van der Waals surface area contributed by atoms with E-state index in [4.69, 9.17) is 16.7 Å². The maximum absolute atomic E-state index is 12.1. The number of sulfone groups is 1. The SMILES string of the molecule is C=C(Cl)CS(=O)(=O)c1cc(C(=O)O)cc(C)c1C. The van der Waals surface area contributed by atoms with Gasteiger partial charge in [0.15, 0.2) is 9.84 Å². The second-order valence-corrected chi connectivity index (χ2v) is 6.49. The third-order valence-corrected chi connectivity index (χ3v) is 4.66. The van der Waals surface area contributed by atoms with Crippen LogP contribution in [0.5, 0.6) is 0 Å². The second-order valence-electron chi connectivity index (χ2n) is 4.00. The van der Waals surface area contributed by atoms with Crippen LogP contribution in [0.15, 0.2) is 28.6 Å². The lowest BCUT2D eigenvalue weighted by Gasteiger charge is -2.11. The fourth-order valence-electron chi connectivity index (χ4n) is 1.56. The monoisotopic (exact) mass is 288 g/mol. The highest BCUT2D eigenvalue weighted by Gasteiger charge is 2.21. The van der Waals surface area contributed by atoms with Crippen LogP contribution >= 0.6 is 11.6 Å². The van der Waals surface area contributed by atoms with E-state index in [-0.39, 0.29) is 15.5 Å². The lowest BCUT2D eigenvalue weighted by atomic mass is 10.1. The van der Waals surface area contributed by atoms with Crippen LogP contribution in [-0.2, 0) is 9.84 Å². The third kappa shape index (κ3) is 3.11. The lowest BCUT2D eigenvalue weighted by molar-refractivity contribution is 0.0696. The van der Waals surface area contributed by atoms with Gasteiger partial charge in [-0.05, 0) is 37.1 Å². The molecule has 0 heterocycles. The van der Waals surface area contributed by atoms with E-state index in [1.807, 2.05) is 0 Å². The van der Waals surface area contributed by atoms with Crippen LogP contribution in [0, 0.1) is 13.8 Å². The van der Waals surface area contributed by atoms with Crippen LogP contribution in [0.1, 0.15) is 21.5 Å². The first-order chi connectivity index (χ1) is 8.15. The molecule has 0 atom stereocenters. The van der Waals surface area contributed by atoms with Gasteiger partial charge in [-0.1, -0.05) is 18.2 Å². The van der Waals surface area contributed by atoms with Gasteiger partial charge in [-0.15, -0.1) is 0 Å². The Bertz CT molecular complexity index is 617. The molecular formula is C12H13ClO4S. The predicted molar refractivity (Wildman–Crippen MR) is 69.9 cm³/mol. The largest absolute Gasteiger partial charge is 0.478 e. The van der Waals surface area contributed by atoms with Crippen molar-refractivity contribution in [1.82, 2.24) is 0 Å². The molecule has 98 valence electrons. The predicted octanol–water partition coefficient (Wildman–Crippen LogP) is 2.53. The van der Waals surface area contributed by atoms with Crippen LogP contribution in [0.4, 0.5) is 0 Å². The number of carboxylic acids is 1. The van der Waals surface area contributed by atoms with E-state index in [0.29, 0.717) is 11.1 Å². The van der Waals surface area contributed by atoms with Crippen molar-refractivity contribution in [2.24, 2.45) is 0 Å². The average molecular weight is 289 g/mol. The highest BCUT2D eigenvalue weighted by atomic mass is 35.5. The molecule has 1 aromatic rings. The maximum atomic E-state index is 12.1. The molecule has 0 fully saturated rings. The summed E-state index contributed by atoms with van der Waals surface area (Å²) in [5.41, 5.74) is 1.07. The minimum Gasteiger partial charge on any atom is -0.478 e. The first kappa shape index (κ1) is 14.7. The zero-order valence-corrected chi connectivity index (χ0v) is 11.6. The fourth-order valence-corrected chi connectivity index (χ4v) is 3.49. The van der Waals surface area contributed by atoms with Crippen molar-refractivity contribution in [2.45, 2.75) is 18.7 Å². The van der Waals surface area contributed by atoms with Crippen LogP contribution in [0.2, 0.25) is 0 Å². The van der Waals surface area contributed by atoms with E-state index >= 15 is 0 Å². The van der Waals surface area contributed by atoms with E-state index < -0.39 is 21.6 Å². The van der Waals surface area contributed by atoms with Gasteiger partial charge in [0.2, 0.25) is 0 Å². The molecule has 0 aliphatic carbocycles. The Labute approximate surface area is 111 Å². The molecule has 0 unspecified atom stereocenters. The number of hydrogen-bond acceptors (Lipinski definition) is 3. The minimum absolute atomic E-state index is 0.00668. The Morgan fingerprint density at radius 3 is 2.39 bits per heavy atom. The quantitative estimate of drug-likeness (QED) is 0.924. The van der Waals surface area contributed by atoms with Crippen molar-refractivity contribution >= 4 is 27.4 Å². The van der Waals surface area contributed by atoms with Crippen molar-refractivity contribution in [3.8, 4) is 0 Å². The van der Waals surface area contributed by atoms with Gasteiger partial charge in [-0.3, -0.25) is 0 Å². The highest BCUT2D eigenvalue weighted by Crippen LogP contribution is 2.24. The first-order valence-corrected chi connectivity index (χ1v) is 7.08. The number of aromatic carboxylic acids is 1. The van der Waals surface area contributed by atoms with Crippen molar-refractivity contribution in [2.75, 3.05) is 5.75 Å². The molecule has 0 radical (unpaired) electrons. The Kier molecular flexibility index (Phi) is 4.19. The lowest BCUT2D eigenvalue weighted by Crippen LogP contribution is -2.11. The molecule has 0 aliphatic rings. The topological polar surface area (TPSA) is 71.4 Å². The molecule has 6 heteroatoms. The van der Waals surface area contributed by atoms with Crippen LogP contribution in [-0.4, -0.2) is 25.2 Å². The Hall–Kier alpha value is -1.33. The summed E-state index contributed by atoms with van der Waals surface area (Å²) in [5, 5.41) is 8.93. The van der Waals surface area contributed by atoms with Gasteiger partial charge in [0.05, 0.1) is 16.2 Å². The van der Waals surface area contributed by atoms with Gasteiger partial charge >= 0.3 is 5.97 Å². The molecule has 0 spiro atoms. The van der Waals surface area contributed by atoms with E-state index in [9.17, 15) is 13.2 Å². The second kappa shape index (κ2) is 5.12. The molecule has 18 heavy (non-hydrogen) atoms. The van der Waals surface area contributed by atoms with Crippen molar-refractivity contribution in [3.05, 3.63) is 40.4 Å². The summed E-state index contributed by atoms with van der Waals surface area (Å²) in [4.78, 5) is 10.9. The summed E-state index contributed by atoms with van der Waals surface area (Å²) < 4.78 is 24.1. The first-order valence-electron chi connectivity index (χ1n) is 5.05. The van der Waals surface area contributed by atoms with Crippen molar-refractivity contribution in [1.29, 1.82) is 0 Å². The Morgan fingerprint density at radius 2 is 1.94 bits per heavy atom. The zero-order chi connectivity index (χ0) is 14.1. The van der Waals surface area contributed by atoms with Gasteiger partial charge in [0, 0.05) is 5.03 Å². The molecule has 1 rings (SSSR count). The number of rotatable bonds is 4. The normalized spacial score (nSPS) is 11.3. The molecule has 1 N–H and O–H groups in total. The fraction of sp³-hybridized carbons (Fsp3) is 0.250. The van der Waals surface area contributed by atoms with Gasteiger partial charge in [-0.2, -0.15) is 0 Å². The highest BCUT2D eigenvalue weighted by molar-refractivity contribution is 7.91. The molecule has 0 saturated heterocycles. The molecule has 0 aromatic heterocycles. The number of halogens is 1. The summed E-state index contributed by atoms with van der Waals surface area (Å²) in [6, 6.07) is 2.59. The van der Waals surface area contributed by atoms with Crippen LogP contribution in [0.25, 0.3) is 0 Å². The smallest absolute Gasteiger partial charge is 0.335 e. The summed E-state index contributed by atoms with van der Waals surface area (Å²) in [7, 11) is -3.66. The average Bonchev–Trinajstić information content (AvgIpc) is 2.19. The van der Waals surface area contributed by atoms with Crippen LogP contribution < -0.4 is 0 Å². The molecule has 1 aromatic carbocycles. The standard InChI is InChI=1S/C12H13ClO4S/c1-7-4-10(12(14)15)5-11(9(7)3)18(16,17)6-8(2)13/h4-5H,2,6H2,1,3H3,(H,14,15). The van der Waals surface area contributed by atoms with E-state index in [1.165, 1.54) is 6.07 Å². The summed E-state index contributed by atoms with van der Waals surface area (Å²) >= 11 is 5.52. The summed E-state index contributed by atoms with van der Waals surface area (Å²) in [5.74, 6) is -1.57. The number of benzene rings is 1. The zero-order valence-electron chi connectivity index (χ0n) is 10.0. The Morgan fingerprint density at radius 1 is 1.39 bits per heavy atom. The van der Waals surface area contributed by atoms with E-state index in [0.717, 1.165) is 6.07 Å². The maximum Gasteiger partial charge on any atom is 0.335 e. The van der Waals surface area contributed by atoms with Gasteiger partial charge in [0.25, 0.3) is 0 Å². The van der Waals surface area contributed by atoms with Gasteiger partial charge < -0.3 is 5.11 Å². The van der Waals surface area contributed by atoms with Crippen LogP contribution in [0.3, 0.4) is 0 Å². The molecule has 0 bridgehead atoms. The minimum atomic E-state index is -3.66. The molecule has 0 saturated carbocycles. The number of carboxylic acid groups (broad SMARTS) is 1. The van der Waals surface area contributed by atoms with Crippen molar-refractivity contribution < 1.29 is 18.3 Å².